The van der Waals surface area contributed by atoms with Gasteiger partial charge in [-0.05, 0) is 26.0 Å². The Balaban J connectivity index is 2.24. The van der Waals surface area contributed by atoms with E-state index in [4.69, 9.17) is 0 Å². The van der Waals surface area contributed by atoms with Crippen LogP contribution >= 0.6 is 0 Å². The number of aromatic nitrogens is 2. The van der Waals surface area contributed by atoms with Crippen molar-refractivity contribution in [3.05, 3.63) is 60.2 Å². The minimum atomic E-state index is -0.139. The van der Waals surface area contributed by atoms with E-state index in [0.717, 1.165) is 17.1 Å². The van der Waals surface area contributed by atoms with Crippen molar-refractivity contribution >= 4 is 5.91 Å². The van der Waals surface area contributed by atoms with Crippen LogP contribution in [0.2, 0.25) is 0 Å². The van der Waals surface area contributed by atoms with Gasteiger partial charge in [0.25, 0.3) is 0 Å². The summed E-state index contributed by atoms with van der Waals surface area (Å²) in [6.45, 7) is 7.68. The molecule has 2 aromatic rings. The Morgan fingerprint density at radius 2 is 2.05 bits per heavy atom. The van der Waals surface area contributed by atoms with Gasteiger partial charge in [-0.3, -0.25) is 4.79 Å². The maximum atomic E-state index is 11.6. The van der Waals surface area contributed by atoms with Crippen molar-refractivity contribution in [3.63, 3.8) is 0 Å². The number of carbonyl (C=O) groups excluding carboxylic acids is 1. The molecule has 0 radical (unpaired) electrons. The molecule has 0 aliphatic carbocycles. The summed E-state index contributed by atoms with van der Waals surface area (Å²) < 4.78 is 1.98. The molecule has 19 heavy (non-hydrogen) atoms. The van der Waals surface area contributed by atoms with Gasteiger partial charge in [-0.25, -0.2) is 4.98 Å². The molecule has 0 saturated carbocycles. The van der Waals surface area contributed by atoms with Crippen molar-refractivity contribution in [3.8, 4) is 5.69 Å². The highest BCUT2D eigenvalue weighted by Gasteiger charge is 2.10. The van der Waals surface area contributed by atoms with Crippen molar-refractivity contribution < 1.29 is 4.79 Å². The van der Waals surface area contributed by atoms with Gasteiger partial charge in [0.15, 0.2) is 0 Å². The Bertz CT molecular complexity index is 599. The molecular weight excluding hydrogens is 238 g/mol. The van der Waals surface area contributed by atoms with Crippen LogP contribution in [-0.2, 0) is 11.3 Å². The zero-order chi connectivity index (χ0) is 13.8. The molecule has 0 unspecified atom stereocenters. The first-order valence-electron chi connectivity index (χ1n) is 6.11. The summed E-state index contributed by atoms with van der Waals surface area (Å²) in [5, 5.41) is 2.84. The van der Waals surface area contributed by atoms with Crippen molar-refractivity contribution in [1.82, 2.24) is 14.9 Å². The fourth-order valence-corrected chi connectivity index (χ4v) is 1.80. The maximum Gasteiger partial charge on any atom is 0.246 e. The molecule has 0 fully saturated rings. The zero-order valence-corrected chi connectivity index (χ0v) is 11.2. The number of nitrogens with zero attached hydrogens (tertiary/aromatic N) is 2. The van der Waals surface area contributed by atoms with Crippen molar-refractivity contribution in [1.29, 1.82) is 0 Å². The number of carbonyl (C=O) groups is 1. The lowest BCUT2D eigenvalue weighted by molar-refractivity contribution is -0.117. The average molecular weight is 255 g/mol. The molecule has 1 amide bonds. The number of amides is 1. The van der Waals surface area contributed by atoms with Gasteiger partial charge in [-0.1, -0.05) is 24.8 Å². The topological polar surface area (TPSA) is 46.9 Å². The molecular formula is C15H17N3O. The molecule has 98 valence electrons. The van der Waals surface area contributed by atoms with E-state index in [1.54, 1.807) is 13.3 Å². The number of hydrogen-bond donors (Lipinski definition) is 1. The van der Waals surface area contributed by atoms with Crippen LogP contribution in [0.4, 0.5) is 0 Å². The largest absolute Gasteiger partial charge is 0.347 e. The first kappa shape index (κ1) is 13.1. The quantitative estimate of drug-likeness (QED) is 0.853. The standard InChI is InChI=1S/C15H17N3O/c1-11(2)15(19)16-9-14-12(3)17-10-18(14)13-7-5-4-6-8-13/h4-8,10H,1,9H2,2-3H3,(H,16,19). The lowest BCUT2D eigenvalue weighted by Gasteiger charge is -2.10. The third-order valence-corrected chi connectivity index (χ3v) is 2.91. The van der Waals surface area contributed by atoms with Crippen LogP contribution in [0.3, 0.4) is 0 Å². The summed E-state index contributed by atoms with van der Waals surface area (Å²) >= 11 is 0. The SMILES string of the molecule is C=C(C)C(=O)NCc1c(C)ncn1-c1ccccc1. The van der Waals surface area contributed by atoms with Gasteiger partial charge >= 0.3 is 0 Å². The predicted octanol–water partition coefficient (Wildman–Crippen LogP) is 2.37. The maximum absolute atomic E-state index is 11.6. The number of imidazole rings is 1. The molecule has 1 aromatic carbocycles. The Morgan fingerprint density at radius 3 is 2.68 bits per heavy atom. The monoisotopic (exact) mass is 255 g/mol. The van der Waals surface area contributed by atoms with E-state index in [2.05, 4.69) is 16.9 Å². The minimum absolute atomic E-state index is 0.139. The van der Waals surface area contributed by atoms with Gasteiger partial charge in [0, 0.05) is 11.3 Å². The van der Waals surface area contributed by atoms with Crippen molar-refractivity contribution in [2.24, 2.45) is 0 Å². The molecule has 0 saturated heterocycles. The Morgan fingerprint density at radius 1 is 1.37 bits per heavy atom. The zero-order valence-electron chi connectivity index (χ0n) is 11.2. The number of rotatable bonds is 4. The fraction of sp³-hybridized carbons (Fsp3) is 0.200. The van der Waals surface area contributed by atoms with Crippen LogP contribution in [0.25, 0.3) is 5.69 Å². The second-order valence-electron chi connectivity index (χ2n) is 4.45. The number of nitrogens with one attached hydrogen (secondary N) is 1. The third kappa shape index (κ3) is 2.91. The fourth-order valence-electron chi connectivity index (χ4n) is 1.80. The first-order valence-corrected chi connectivity index (χ1v) is 6.11. The average Bonchev–Trinajstić information content (AvgIpc) is 2.78. The predicted molar refractivity (Wildman–Crippen MR) is 75.0 cm³/mol. The third-order valence-electron chi connectivity index (χ3n) is 2.91. The summed E-state index contributed by atoms with van der Waals surface area (Å²) in [5.41, 5.74) is 3.41. The van der Waals surface area contributed by atoms with Gasteiger partial charge in [0.2, 0.25) is 5.91 Å². The molecule has 2 rings (SSSR count). The molecule has 0 aliphatic rings. The number of benzene rings is 1. The van der Waals surface area contributed by atoms with E-state index in [9.17, 15) is 4.79 Å². The molecule has 4 nitrogen and oxygen atoms in total. The lowest BCUT2D eigenvalue weighted by atomic mass is 10.2. The van der Waals surface area contributed by atoms with Crippen molar-refractivity contribution in [2.75, 3.05) is 0 Å². The molecule has 0 bridgehead atoms. The summed E-state index contributed by atoms with van der Waals surface area (Å²) in [5.74, 6) is -0.139. The summed E-state index contributed by atoms with van der Waals surface area (Å²) in [6, 6.07) is 9.92. The van der Waals surface area contributed by atoms with Crippen LogP contribution in [0, 0.1) is 6.92 Å². The van der Waals surface area contributed by atoms with Gasteiger partial charge < -0.3 is 9.88 Å². The smallest absolute Gasteiger partial charge is 0.246 e. The second kappa shape index (κ2) is 5.52. The van der Waals surface area contributed by atoms with Crippen molar-refractivity contribution in [2.45, 2.75) is 20.4 Å². The van der Waals surface area contributed by atoms with E-state index in [1.165, 1.54) is 0 Å². The van der Waals surface area contributed by atoms with Gasteiger partial charge in [-0.15, -0.1) is 0 Å². The summed E-state index contributed by atoms with van der Waals surface area (Å²) in [4.78, 5) is 15.9. The highest BCUT2D eigenvalue weighted by Crippen LogP contribution is 2.14. The molecule has 0 atom stereocenters. The lowest BCUT2D eigenvalue weighted by Crippen LogP contribution is -2.24. The summed E-state index contributed by atoms with van der Waals surface area (Å²) in [6.07, 6.45) is 1.77. The number of hydrogen-bond acceptors (Lipinski definition) is 2. The van der Waals surface area contributed by atoms with E-state index in [0.29, 0.717) is 12.1 Å². The van der Waals surface area contributed by atoms with Crippen LogP contribution in [0.1, 0.15) is 18.3 Å². The number of aryl methyl sites for hydroxylation is 1. The Hall–Kier alpha value is -2.36. The Labute approximate surface area is 112 Å². The van der Waals surface area contributed by atoms with E-state index in [1.807, 2.05) is 41.8 Å². The second-order valence-corrected chi connectivity index (χ2v) is 4.45. The van der Waals surface area contributed by atoms with E-state index < -0.39 is 0 Å². The highest BCUT2D eigenvalue weighted by molar-refractivity contribution is 5.91. The molecule has 1 N–H and O–H groups in total. The number of para-hydroxylation sites is 1. The molecule has 0 aliphatic heterocycles. The first-order chi connectivity index (χ1) is 9.09. The minimum Gasteiger partial charge on any atom is -0.347 e. The molecule has 4 heteroatoms. The van der Waals surface area contributed by atoms with Gasteiger partial charge in [0.05, 0.1) is 24.3 Å². The van der Waals surface area contributed by atoms with E-state index in [-0.39, 0.29) is 5.91 Å². The van der Waals surface area contributed by atoms with Crippen LogP contribution in [0.15, 0.2) is 48.8 Å². The van der Waals surface area contributed by atoms with Gasteiger partial charge in [0.1, 0.15) is 0 Å². The van der Waals surface area contributed by atoms with Gasteiger partial charge in [-0.2, -0.15) is 0 Å². The molecule has 1 aromatic heterocycles. The van der Waals surface area contributed by atoms with Crippen LogP contribution in [-0.4, -0.2) is 15.5 Å². The molecule has 1 heterocycles. The van der Waals surface area contributed by atoms with Crippen LogP contribution in [0.5, 0.6) is 0 Å². The van der Waals surface area contributed by atoms with Crippen LogP contribution < -0.4 is 5.32 Å². The van der Waals surface area contributed by atoms with E-state index >= 15 is 0 Å². The molecule has 0 spiro atoms. The Kier molecular flexibility index (Phi) is 3.80. The normalized spacial score (nSPS) is 10.2. The highest BCUT2D eigenvalue weighted by atomic mass is 16.1. The summed E-state index contributed by atoms with van der Waals surface area (Å²) in [7, 11) is 0.